The first kappa shape index (κ1) is 20.4. The molecule has 1 aliphatic heterocycles. The van der Waals surface area contributed by atoms with Gasteiger partial charge in [-0.05, 0) is 31.2 Å². The molecule has 144 valence electrons. The maximum absolute atomic E-state index is 12.1. The van der Waals surface area contributed by atoms with Crippen LogP contribution in [-0.4, -0.2) is 48.4 Å². The number of nitrogens with two attached hydrogens (primary N) is 1. The fraction of sp³-hybridized carbons (Fsp3) is 0.600. The van der Waals surface area contributed by atoms with Crippen LogP contribution >= 0.6 is 0 Å². The number of likely N-dealkylation sites (tertiary alicyclic amines) is 1. The van der Waals surface area contributed by atoms with Crippen LogP contribution in [0.15, 0.2) is 30.3 Å². The first-order valence-electron chi connectivity index (χ1n) is 9.50. The fourth-order valence-corrected chi connectivity index (χ4v) is 3.24. The van der Waals surface area contributed by atoms with Crippen molar-refractivity contribution in [3.05, 3.63) is 35.9 Å². The number of nitrogens with one attached hydrogen (secondary N) is 2. The van der Waals surface area contributed by atoms with Crippen molar-refractivity contribution in [2.75, 3.05) is 19.6 Å². The number of hydrogen-bond acceptors (Lipinski definition) is 4. The fourth-order valence-electron chi connectivity index (χ4n) is 3.24. The van der Waals surface area contributed by atoms with Gasteiger partial charge in [0.15, 0.2) is 0 Å². The third kappa shape index (κ3) is 5.81. The van der Waals surface area contributed by atoms with Gasteiger partial charge >= 0.3 is 0 Å². The zero-order chi connectivity index (χ0) is 19.1. The van der Waals surface area contributed by atoms with Gasteiger partial charge in [-0.15, -0.1) is 0 Å². The molecule has 1 aromatic rings. The van der Waals surface area contributed by atoms with E-state index in [1.165, 1.54) is 5.56 Å². The normalized spacial score (nSPS) is 18.3. The van der Waals surface area contributed by atoms with Crippen LogP contribution in [0.2, 0.25) is 0 Å². The molecule has 6 nitrogen and oxygen atoms in total. The molecular weight excluding hydrogens is 328 g/mol. The number of nitrogens with zero attached hydrogens (tertiary/aromatic N) is 1. The number of hydrogen-bond donors (Lipinski definition) is 3. The van der Waals surface area contributed by atoms with Gasteiger partial charge in [-0.25, -0.2) is 0 Å². The van der Waals surface area contributed by atoms with Crippen molar-refractivity contribution in [1.82, 2.24) is 15.5 Å². The van der Waals surface area contributed by atoms with E-state index in [1.54, 1.807) is 0 Å². The minimum Gasteiger partial charge on any atom is -0.352 e. The summed E-state index contributed by atoms with van der Waals surface area (Å²) in [5, 5.41) is 5.64. The Kier molecular flexibility index (Phi) is 7.60. The SMILES string of the molecule is CC(C)[C@H](N)C(=O)NCC(=O)NC1CCN(C(C)c2ccccc2)CC1. The Morgan fingerprint density at radius 3 is 2.35 bits per heavy atom. The second-order valence-electron chi connectivity index (χ2n) is 7.45. The number of amides is 2. The van der Waals surface area contributed by atoms with Gasteiger partial charge in [0.05, 0.1) is 12.6 Å². The predicted molar refractivity (Wildman–Crippen MR) is 103 cm³/mol. The highest BCUT2D eigenvalue weighted by Crippen LogP contribution is 2.23. The Bertz CT molecular complexity index is 583. The van der Waals surface area contributed by atoms with Gasteiger partial charge in [-0.1, -0.05) is 44.2 Å². The summed E-state index contributed by atoms with van der Waals surface area (Å²) in [5.74, 6) is -0.375. The summed E-state index contributed by atoms with van der Waals surface area (Å²) >= 11 is 0. The standard InChI is InChI=1S/C20H32N4O2/c1-14(2)19(21)20(26)22-13-18(25)23-17-9-11-24(12-10-17)15(3)16-7-5-4-6-8-16/h4-8,14-15,17,19H,9-13,21H2,1-3H3,(H,22,26)(H,23,25)/t15?,19-/m0/s1. The largest absolute Gasteiger partial charge is 0.352 e. The Labute approximate surface area is 156 Å². The van der Waals surface area contributed by atoms with E-state index in [-0.39, 0.29) is 30.3 Å². The first-order valence-corrected chi connectivity index (χ1v) is 9.50. The second kappa shape index (κ2) is 9.69. The molecule has 1 heterocycles. The van der Waals surface area contributed by atoms with E-state index < -0.39 is 6.04 Å². The van der Waals surface area contributed by atoms with E-state index in [4.69, 9.17) is 5.73 Å². The Morgan fingerprint density at radius 1 is 1.15 bits per heavy atom. The molecule has 2 atom stereocenters. The molecule has 0 bridgehead atoms. The highest BCUT2D eigenvalue weighted by Gasteiger charge is 2.25. The van der Waals surface area contributed by atoms with Gasteiger partial charge in [-0.2, -0.15) is 0 Å². The van der Waals surface area contributed by atoms with Crippen molar-refractivity contribution in [3.8, 4) is 0 Å². The van der Waals surface area contributed by atoms with Crippen molar-refractivity contribution in [2.45, 2.75) is 51.7 Å². The maximum Gasteiger partial charge on any atom is 0.239 e. The van der Waals surface area contributed by atoms with E-state index in [1.807, 2.05) is 19.9 Å². The molecule has 6 heteroatoms. The van der Waals surface area contributed by atoms with Gasteiger partial charge in [0, 0.05) is 25.2 Å². The van der Waals surface area contributed by atoms with Crippen LogP contribution in [0.4, 0.5) is 0 Å². The molecule has 0 saturated carbocycles. The lowest BCUT2D eigenvalue weighted by Crippen LogP contribution is -2.50. The molecule has 2 amide bonds. The lowest BCUT2D eigenvalue weighted by atomic mass is 10.00. The molecule has 1 unspecified atom stereocenters. The molecule has 1 aromatic carbocycles. The van der Waals surface area contributed by atoms with E-state index in [0.29, 0.717) is 6.04 Å². The van der Waals surface area contributed by atoms with Gasteiger partial charge < -0.3 is 16.4 Å². The van der Waals surface area contributed by atoms with Gasteiger partial charge in [-0.3, -0.25) is 14.5 Å². The lowest BCUT2D eigenvalue weighted by Gasteiger charge is -2.36. The van der Waals surface area contributed by atoms with E-state index in [2.05, 4.69) is 46.7 Å². The smallest absolute Gasteiger partial charge is 0.239 e. The topological polar surface area (TPSA) is 87.5 Å². The third-order valence-corrected chi connectivity index (χ3v) is 5.17. The number of carbonyl (C=O) groups is 2. The maximum atomic E-state index is 12.1. The summed E-state index contributed by atoms with van der Waals surface area (Å²) in [6.07, 6.45) is 1.84. The van der Waals surface area contributed by atoms with Crippen molar-refractivity contribution in [2.24, 2.45) is 11.7 Å². The van der Waals surface area contributed by atoms with E-state index in [0.717, 1.165) is 25.9 Å². The molecule has 0 aromatic heterocycles. The predicted octanol–water partition coefficient (Wildman–Crippen LogP) is 1.43. The van der Waals surface area contributed by atoms with Crippen molar-refractivity contribution >= 4 is 11.8 Å². The van der Waals surface area contributed by atoms with E-state index in [9.17, 15) is 9.59 Å². The van der Waals surface area contributed by atoms with E-state index >= 15 is 0 Å². The third-order valence-electron chi connectivity index (χ3n) is 5.17. The number of carbonyl (C=O) groups excluding carboxylic acids is 2. The Morgan fingerprint density at radius 2 is 1.77 bits per heavy atom. The quantitative estimate of drug-likeness (QED) is 0.686. The molecule has 1 fully saturated rings. The van der Waals surface area contributed by atoms with Gasteiger partial charge in [0.1, 0.15) is 0 Å². The van der Waals surface area contributed by atoms with Gasteiger partial charge in [0.2, 0.25) is 11.8 Å². The summed E-state index contributed by atoms with van der Waals surface area (Å²) in [5.41, 5.74) is 7.09. The number of rotatable bonds is 7. The highest BCUT2D eigenvalue weighted by atomic mass is 16.2. The monoisotopic (exact) mass is 360 g/mol. The summed E-state index contributed by atoms with van der Waals surface area (Å²) in [6.45, 7) is 7.88. The molecule has 4 N–H and O–H groups in total. The molecule has 0 radical (unpaired) electrons. The first-order chi connectivity index (χ1) is 12.4. The van der Waals surface area contributed by atoms with Gasteiger partial charge in [0.25, 0.3) is 0 Å². The second-order valence-corrected chi connectivity index (χ2v) is 7.45. The van der Waals surface area contributed by atoms with Crippen LogP contribution in [-0.2, 0) is 9.59 Å². The average Bonchev–Trinajstić information content (AvgIpc) is 2.66. The minimum absolute atomic E-state index is 0.0140. The van der Waals surface area contributed by atoms with Crippen molar-refractivity contribution in [3.63, 3.8) is 0 Å². The lowest BCUT2D eigenvalue weighted by molar-refractivity contribution is -0.127. The van der Waals surface area contributed by atoms with Crippen LogP contribution in [0, 0.1) is 5.92 Å². The Hall–Kier alpha value is -1.92. The zero-order valence-electron chi connectivity index (χ0n) is 16.1. The molecule has 0 spiro atoms. The molecule has 1 saturated heterocycles. The molecular formula is C20H32N4O2. The summed E-state index contributed by atoms with van der Waals surface area (Å²) in [6, 6.07) is 10.4. The van der Waals surface area contributed by atoms with Crippen LogP contribution in [0.3, 0.4) is 0 Å². The van der Waals surface area contributed by atoms with Crippen LogP contribution in [0.5, 0.6) is 0 Å². The molecule has 0 aliphatic carbocycles. The molecule has 1 aliphatic rings. The Balaban J connectivity index is 1.71. The number of benzene rings is 1. The minimum atomic E-state index is -0.578. The summed E-state index contributed by atoms with van der Waals surface area (Å²) in [7, 11) is 0. The molecule has 26 heavy (non-hydrogen) atoms. The van der Waals surface area contributed by atoms with Crippen LogP contribution < -0.4 is 16.4 Å². The summed E-state index contributed by atoms with van der Waals surface area (Å²) < 4.78 is 0. The highest BCUT2D eigenvalue weighted by molar-refractivity contribution is 5.87. The zero-order valence-corrected chi connectivity index (χ0v) is 16.1. The molecule has 2 rings (SSSR count). The number of piperidine rings is 1. The van der Waals surface area contributed by atoms with Crippen LogP contribution in [0.25, 0.3) is 0 Å². The summed E-state index contributed by atoms with van der Waals surface area (Å²) in [4.78, 5) is 26.3. The van der Waals surface area contributed by atoms with Crippen LogP contribution in [0.1, 0.15) is 45.2 Å². The van der Waals surface area contributed by atoms with Crippen molar-refractivity contribution < 1.29 is 9.59 Å². The van der Waals surface area contributed by atoms with Crippen molar-refractivity contribution in [1.29, 1.82) is 0 Å². The average molecular weight is 361 g/mol.